The van der Waals surface area contributed by atoms with Gasteiger partial charge in [-0.25, -0.2) is 4.98 Å². The van der Waals surface area contributed by atoms with Crippen LogP contribution in [0.1, 0.15) is 11.5 Å². The number of nitrogens with zero attached hydrogens (tertiary/aromatic N) is 3. The summed E-state index contributed by atoms with van der Waals surface area (Å²) in [5, 5.41) is 8.42. The molecule has 1 aromatic rings. The van der Waals surface area contributed by atoms with E-state index in [4.69, 9.17) is 5.26 Å². The van der Waals surface area contributed by atoms with E-state index in [1.807, 2.05) is 20.0 Å². The summed E-state index contributed by atoms with van der Waals surface area (Å²) in [5.74, 6) is 0.867. The number of aryl methyl sites for hydroxylation is 1. The van der Waals surface area contributed by atoms with Crippen LogP contribution < -0.4 is 0 Å². The molecule has 54 valence electrons. The van der Waals surface area contributed by atoms with E-state index in [0.29, 0.717) is 5.69 Å². The SMILES string of the molecule is Cc1ncc(C#N)n1C.I. The van der Waals surface area contributed by atoms with Gasteiger partial charge in [0.05, 0.1) is 6.20 Å². The fraction of sp³-hybridized carbons (Fsp3) is 0.333. The van der Waals surface area contributed by atoms with Gasteiger partial charge in [-0.05, 0) is 6.92 Å². The molecule has 0 unspecified atom stereocenters. The third kappa shape index (κ3) is 1.48. The third-order valence-electron chi connectivity index (χ3n) is 1.33. The molecule has 0 atom stereocenters. The average molecular weight is 249 g/mol. The first-order valence-electron chi connectivity index (χ1n) is 2.64. The molecular formula is C6H8IN3. The Kier molecular flexibility index (Phi) is 3.36. The summed E-state index contributed by atoms with van der Waals surface area (Å²) in [5.41, 5.74) is 0.604. The maximum Gasteiger partial charge on any atom is 0.139 e. The van der Waals surface area contributed by atoms with E-state index < -0.39 is 0 Å². The fourth-order valence-corrected chi connectivity index (χ4v) is 0.606. The minimum Gasteiger partial charge on any atom is -0.323 e. The minimum absolute atomic E-state index is 0. The number of hydrogen-bond acceptors (Lipinski definition) is 2. The molecule has 0 fully saturated rings. The molecule has 0 saturated carbocycles. The molecule has 10 heavy (non-hydrogen) atoms. The first-order chi connectivity index (χ1) is 4.25. The molecule has 3 nitrogen and oxygen atoms in total. The zero-order chi connectivity index (χ0) is 6.85. The highest BCUT2D eigenvalue weighted by Crippen LogP contribution is 1.97. The number of rotatable bonds is 0. The molecule has 0 aromatic carbocycles. The predicted octanol–water partition coefficient (Wildman–Crippen LogP) is 1.22. The lowest BCUT2D eigenvalue weighted by Crippen LogP contribution is -1.93. The van der Waals surface area contributed by atoms with Crippen molar-refractivity contribution in [3.8, 4) is 6.07 Å². The summed E-state index contributed by atoms with van der Waals surface area (Å²) in [4.78, 5) is 3.93. The Morgan fingerprint density at radius 2 is 2.30 bits per heavy atom. The molecule has 0 radical (unpaired) electrons. The van der Waals surface area contributed by atoms with Crippen LogP contribution in [0.25, 0.3) is 0 Å². The highest BCUT2D eigenvalue weighted by atomic mass is 127. The van der Waals surface area contributed by atoms with Gasteiger partial charge in [-0.15, -0.1) is 24.0 Å². The third-order valence-corrected chi connectivity index (χ3v) is 1.33. The Bertz CT molecular complexity index is 258. The molecule has 0 aliphatic heterocycles. The maximum atomic E-state index is 8.42. The average Bonchev–Trinajstić information content (AvgIpc) is 2.15. The highest BCUT2D eigenvalue weighted by molar-refractivity contribution is 14.0. The standard InChI is InChI=1S/C6H7N3.HI/c1-5-8-4-6(3-7)9(5)2;/h4H,1-2H3;1H. The van der Waals surface area contributed by atoms with Gasteiger partial charge < -0.3 is 4.57 Å². The van der Waals surface area contributed by atoms with Crippen molar-refractivity contribution >= 4 is 24.0 Å². The van der Waals surface area contributed by atoms with Crippen molar-refractivity contribution in [3.63, 3.8) is 0 Å². The maximum absolute atomic E-state index is 8.42. The van der Waals surface area contributed by atoms with Crippen molar-refractivity contribution in [2.45, 2.75) is 6.92 Å². The summed E-state index contributed by atoms with van der Waals surface area (Å²) in [6.45, 7) is 1.86. The number of hydrogen-bond donors (Lipinski definition) is 0. The molecule has 0 aliphatic carbocycles. The van der Waals surface area contributed by atoms with Gasteiger partial charge in [0.2, 0.25) is 0 Å². The number of nitriles is 1. The van der Waals surface area contributed by atoms with Gasteiger partial charge in [0.25, 0.3) is 0 Å². The predicted molar refractivity (Wildman–Crippen MR) is 48.1 cm³/mol. The lowest BCUT2D eigenvalue weighted by Gasteiger charge is -1.91. The van der Waals surface area contributed by atoms with Gasteiger partial charge in [0.15, 0.2) is 0 Å². The molecule has 1 rings (SSSR count). The second kappa shape index (κ2) is 3.56. The van der Waals surface area contributed by atoms with Crippen LogP contribution in [0.3, 0.4) is 0 Å². The summed E-state index contributed by atoms with van der Waals surface area (Å²) in [6, 6.07) is 2.02. The quantitative estimate of drug-likeness (QED) is 0.648. The molecule has 0 saturated heterocycles. The smallest absolute Gasteiger partial charge is 0.139 e. The fourth-order valence-electron chi connectivity index (χ4n) is 0.606. The van der Waals surface area contributed by atoms with Gasteiger partial charge in [-0.2, -0.15) is 5.26 Å². The van der Waals surface area contributed by atoms with Gasteiger partial charge in [0.1, 0.15) is 17.6 Å². The summed E-state index contributed by atoms with van der Waals surface area (Å²) in [7, 11) is 1.82. The highest BCUT2D eigenvalue weighted by Gasteiger charge is 1.97. The summed E-state index contributed by atoms with van der Waals surface area (Å²) >= 11 is 0. The van der Waals surface area contributed by atoms with E-state index >= 15 is 0 Å². The van der Waals surface area contributed by atoms with Gasteiger partial charge in [0, 0.05) is 7.05 Å². The Balaban J connectivity index is 0.000000810. The second-order valence-electron chi connectivity index (χ2n) is 1.86. The zero-order valence-corrected chi connectivity index (χ0v) is 8.16. The Morgan fingerprint density at radius 3 is 2.50 bits per heavy atom. The lowest BCUT2D eigenvalue weighted by atomic mass is 10.5. The topological polar surface area (TPSA) is 41.6 Å². The van der Waals surface area contributed by atoms with Gasteiger partial charge in [-0.1, -0.05) is 0 Å². The first kappa shape index (κ1) is 9.43. The van der Waals surface area contributed by atoms with Crippen molar-refractivity contribution < 1.29 is 0 Å². The van der Waals surface area contributed by atoms with E-state index in [9.17, 15) is 0 Å². The van der Waals surface area contributed by atoms with Gasteiger partial charge in [-0.3, -0.25) is 0 Å². The minimum atomic E-state index is 0. The van der Waals surface area contributed by atoms with E-state index in [1.165, 1.54) is 0 Å². The lowest BCUT2D eigenvalue weighted by molar-refractivity contribution is 0.845. The number of halogens is 1. The second-order valence-corrected chi connectivity index (χ2v) is 1.86. The molecule has 1 heterocycles. The van der Waals surface area contributed by atoms with Gasteiger partial charge >= 0.3 is 0 Å². The van der Waals surface area contributed by atoms with Crippen LogP contribution in [0.15, 0.2) is 6.20 Å². The number of imidazole rings is 1. The number of aromatic nitrogens is 2. The molecule has 1 aromatic heterocycles. The summed E-state index contributed by atoms with van der Waals surface area (Å²) in [6.07, 6.45) is 1.56. The molecule has 0 amide bonds. The van der Waals surface area contributed by atoms with E-state index in [0.717, 1.165) is 5.82 Å². The molecule has 0 spiro atoms. The van der Waals surface area contributed by atoms with E-state index in [1.54, 1.807) is 10.8 Å². The van der Waals surface area contributed by atoms with Crippen molar-refractivity contribution in [2.75, 3.05) is 0 Å². The van der Waals surface area contributed by atoms with Crippen LogP contribution in [0.5, 0.6) is 0 Å². The molecule has 0 bridgehead atoms. The molecular weight excluding hydrogens is 241 g/mol. The van der Waals surface area contributed by atoms with Crippen LogP contribution >= 0.6 is 24.0 Å². The Hall–Kier alpha value is -0.570. The van der Waals surface area contributed by atoms with Crippen LogP contribution in [0.4, 0.5) is 0 Å². The first-order valence-corrected chi connectivity index (χ1v) is 2.64. The van der Waals surface area contributed by atoms with E-state index in [2.05, 4.69) is 4.98 Å². The Morgan fingerprint density at radius 1 is 1.70 bits per heavy atom. The molecule has 4 heteroatoms. The van der Waals surface area contributed by atoms with Crippen LogP contribution in [-0.4, -0.2) is 9.55 Å². The van der Waals surface area contributed by atoms with Crippen molar-refractivity contribution in [3.05, 3.63) is 17.7 Å². The zero-order valence-electron chi connectivity index (χ0n) is 5.83. The van der Waals surface area contributed by atoms with E-state index in [-0.39, 0.29) is 24.0 Å². The van der Waals surface area contributed by atoms with Crippen LogP contribution in [-0.2, 0) is 7.05 Å². The molecule has 0 N–H and O–H groups in total. The summed E-state index contributed by atoms with van der Waals surface area (Å²) < 4.78 is 1.75. The Labute approximate surface area is 76.7 Å². The van der Waals surface area contributed by atoms with Crippen LogP contribution in [0.2, 0.25) is 0 Å². The monoisotopic (exact) mass is 249 g/mol. The van der Waals surface area contributed by atoms with Crippen molar-refractivity contribution in [2.24, 2.45) is 7.05 Å². The van der Waals surface area contributed by atoms with Crippen molar-refractivity contribution in [1.82, 2.24) is 9.55 Å². The van der Waals surface area contributed by atoms with Crippen molar-refractivity contribution in [1.29, 1.82) is 5.26 Å². The molecule has 0 aliphatic rings. The van der Waals surface area contributed by atoms with Crippen LogP contribution in [0, 0.1) is 18.3 Å². The largest absolute Gasteiger partial charge is 0.323 e. The normalized spacial score (nSPS) is 8.10.